The monoisotopic (exact) mass is 425 g/mol. The Morgan fingerprint density at radius 2 is 1.48 bits per heavy atom. The molecule has 0 amide bonds. The van der Waals surface area contributed by atoms with E-state index in [9.17, 15) is 0 Å². The minimum absolute atomic E-state index is 0. The number of rotatable bonds is 14. The average molecular weight is 425 g/mol. The Morgan fingerprint density at radius 3 is 2.10 bits per heavy atom. The van der Waals surface area contributed by atoms with Crippen molar-refractivity contribution in [3.63, 3.8) is 0 Å². The summed E-state index contributed by atoms with van der Waals surface area (Å²) in [5.41, 5.74) is 2.17. The number of aryl methyl sites for hydroxylation is 1. The van der Waals surface area contributed by atoms with E-state index in [0.29, 0.717) is 0 Å². The predicted molar refractivity (Wildman–Crippen MR) is 87.2 cm³/mol. The van der Waals surface area contributed by atoms with Crippen LogP contribution in [0.25, 0.3) is 0 Å². The van der Waals surface area contributed by atoms with Crippen LogP contribution >= 0.6 is 11.3 Å². The Hall–Kier alpha value is 0.320. The molecule has 0 aliphatic heterocycles. The molecule has 0 aromatic carbocycles. The van der Waals surface area contributed by atoms with Crippen molar-refractivity contribution < 1.29 is 33.3 Å². The van der Waals surface area contributed by atoms with E-state index < -0.39 is 0 Å². The van der Waals surface area contributed by atoms with Crippen molar-refractivity contribution >= 4 is 11.3 Å². The Labute approximate surface area is 152 Å². The summed E-state index contributed by atoms with van der Waals surface area (Å²) in [4.78, 5) is 0. The second-order valence-electron chi connectivity index (χ2n) is 5.56. The zero-order valence-corrected chi connectivity index (χ0v) is 16.5. The van der Waals surface area contributed by atoms with Crippen LogP contribution in [0.3, 0.4) is 0 Å². The van der Waals surface area contributed by atoms with Crippen LogP contribution in [0, 0.1) is 0 Å². The molecule has 0 aliphatic rings. The third kappa shape index (κ3) is 13.7. The highest BCUT2D eigenvalue weighted by Crippen LogP contribution is 2.08. The van der Waals surface area contributed by atoms with Crippen LogP contribution in [0.5, 0.6) is 0 Å². The number of hydrogen-bond donors (Lipinski definition) is 0. The third-order valence-electron chi connectivity index (χ3n) is 3.62. The molecule has 21 heavy (non-hydrogen) atoms. The zero-order chi connectivity index (χ0) is 14.3. The highest BCUT2D eigenvalue weighted by atomic mass is 127. The summed E-state index contributed by atoms with van der Waals surface area (Å²) < 4.78 is 7.94. The van der Waals surface area contributed by atoms with Crippen LogP contribution < -0.4 is 28.5 Å². The van der Waals surface area contributed by atoms with Gasteiger partial charge in [-0.3, -0.25) is 0 Å². The second-order valence-corrected chi connectivity index (χ2v) is 6.31. The first-order valence-corrected chi connectivity index (χ1v) is 9.36. The van der Waals surface area contributed by atoms with E-state index in [0.717, 1.165) is 19.8 Å². The summed E-state index contributed by atoms with van der Waals surface area (Å²) >= 11 is 1.76. The summed E-state index contributed by atoms with van der Waals surface area (Å²) in [6.07, 6.45) is 15.5. The highest BCUT2D eigenvalue weighted by molar-refractivity contribution is 7.07. The number of ether oxygens (including phenoxy) is 1. The molecule has 0 saturated carbocycles. The second kappa shape index (κ2) is 16.7. The van der Waals surface area contributed by atoms with E-state index in [-0.39, 0.29) is 24.0 Å². The van der Waals surface area contributed by atoms with Gasteiger partial charge in [0.25, 0.3) is 0 Å². The number of thiazole rings is 1. The first-order chi connectivity index (χ1) is 9.93. The molecule has 0 N–H and O–H groups in total. The molecule has 1 rings (SSSR count). The first kappa shape index (κ1) is 21.3. The summed E-state index contributed by atoms with van der Waals surface area (Å²) in [5.74, 6) is 0. The molecule has 2 nitrogen and oxygen atoms in total. The van der Waals surface area contributed by atoms with Gasteiger partial charge in [0.2, 0.25) is 5.51 Å². The van der Waals surface area contributed by atoms with Crippen molar-refractivity contribution in [3.8, 4) is 0 Å². The molecule has 1 aromatic heterocycles. The van der Waals surface area contributed by atoms with Gasteiger partial charge in [0, 0.05) is 19.6 Å². The lowest BCUT2D eigenvalue weighted by atomic mass is 10.1. The van der Waals surface area contributed by atoms with E-state index in [4.69, 9.17) is 4.74 Å². The molecule has 1 heterocycles. The van der Waals surface area contributed by atoms with Crippen LogP contribution in [0.4, 0.5) is 0 Å². The van der Waals surface area contributed by atoms with E-state index in [1.807, 2.05) is 0 Å². The van der Waals surface area contributed by atoms with Crippen molar-refractivity contribution in [2.24, 2.45) is 0 Å². The lowest BCUT2D eigenvalue weighted by Gasteiger charge is -2.04. The van der Waals surface area contributed by atoms with Gasteiger partial charge < -0.3 is 28.7 Å². The molecule has 0 spiro atoms. The van der Waals surface area contributed by atoms with Crippen LogP contribution in [0.1, 0.15) is 71.1 Å². The smallest absolute Gasteiger partial charge is 0.224 e. The number of halogens is 1. The Morgan fingerprint density at radius 1 is 0.857 bits per heavy atom. The zero-order valence-electron chi connectivity index (χ0n) is 13.6. The van der Waals surface area contributed by atoms with Crippen molar-refractivity contribution in [1.82, 2.24) is 0 Å². The standard InChI is InChI=1S/C17H32NOS.HI/c1-2-3-4-5-6-7-8-10-14-19-15-11-9-12-18-13-16-20-17-18;/h13,16-17H,2-12,14-15H2,1H3;1H/q+1;/p-1. The van der Waals surface area contributed by atoms with Crippen LogP contribution in [-0.2, 0) is 11.3 Å². The van der Waals surface area contributed by atoms with E-state index >= 15 is 0 Å². The molecule has 0 saturated heterocycles. The fourth-order valence-electron chi connectivity index (χ4n) is 2.33. The van der Waals surface area contributed by atoms with Crippen molar-refractivity contribution in [2.45, 2.75) is 77.7 Å². The van der Waals surface area contributed by atoms with E-state index in [2.05, 4.69) is 28.6 Å². The maximum Gasteiger partial charge on any atom is 0.224 e. The number of aromatic nitrogens is 1. The van der Waals surface area contributed by atoms with Crippen LogP contribution in [0.15, 0.2) is 17.1 Å². The molecular formula is C17H32INOS. The van der Waals surface area contributed by atoms with Gasteiger partial charge in [-0.15, -0.1) is 0 Å². The first-order valence-electron chi connectivity index (χ1n) is 8.42. The molecular weight excluding hydrogens is 393 g/mol. The molecule has 0 aliphatic carbocycles. The summed E-state index contributed by atoms with van der Waals surface area (Å²) in [7, 11) is 0. The molecule has 0 radical (unpaired) electrons. The third-order valence-corrected chi connectivity index (χ3v) is 4.30. The summed E-state index contributed by atoms with van der Waals surface area (Å²) in [6, 6.07) is 0. The largest absolute Gasteiger partial charge is 1.00 e. The SMILES string of the molecule is CCCCCCCCCCOCCCC[n+]1ccsc1.[I-]. The minimum Gasteiger partial charge on any atom is -1.00 e. The lowest BCUT2D eigenvalue weighted by molar-refractivity contribution is -0.692. The van der Waals surface area contributed by atoms with Gasteiger partial charge in [0.1, 0.15) is 6.54 Å². The molecule has 0 fully saturated rings. The van der Waals surface area contributed by atoms with Gasteiger partial charge in [-0.2, -0.15) is 4.57 Å². The number of nitrogens with zero attached hydrogens (tertiary/aromatic N) is 1. The molecule has 0 unspecified atom stereocenters. The number of unbranched alkanes of at least 4 members (excludes halogenated alkanes) is 8. The van der Waals surface area contributed by atoms with E-state index in [1.54, 1.807) is 11.3 Å². The topological polar surface area (TPSA) is 13.1 Å². The van der Waals surface area contributed by atoms with Crippen molar-refractivity contribution in [2.75, 3.05) is 13.2 Å². The van der Waals surface area contributed by atoms with Gasteiger partial charge >= 0.3 is 0 Å². The quantitative estimate of drug-likeness (QED) is 0.253. The van der Waals surface area contributed by atoms with Crippen molar-refractivity contribution in [3.05, 3.63) is 17.1 Å². The molecule has 124 valence electrons. The maximum atomic E-state index is 5.69. The van der Waals surface area contributed by atoms with Gasteiger partial charge in [-0.25, -0.2) is 0 Å². The van der Waals surface area contributed by atoms with Gasteiger partial charge in [-0.1, -0.05) is 63.2 Å². The Bertz CT molecular complexity index is 293. The molecule has 4 heteroatoms. The molecule has 0 atom stereocenters. The molecule has 0 bridgehead atoms. The van der Waals surface area contributed by atoms with Gasteiger partial charge in [0.05, 0.1) is 5.38 Å². The highest BCUT2D eigenvalue weighted by Gasteiger charge is 1.99. The Balaban J connectivity index is 0.00000400. The number of hydrogen-bond acceptors (Lipinski definition) is 2. The van der Waals surface area contributed by atoms with Crippen LogP contribution in [-0.4, -0.2) is 13.2 Å². The predicted octanol–water partition coefficient (Wildman–Crippen LogP) is 1.98. The normalized spacial score (nSPS) is 10.5. The van der Waals surface area contributed by atoms with Gasteiger partial charge in [0.15, 0.2) is 6.20 Å². The Kier molecular flexibility index (Phi) is 16.9. The van der Waals surface area contributed by atoms with Gasteiger partial charge in [-0.05, 0) is 12.8 Å². The van der Waals surface area contributed by atoms with E-state index in [1.165, 1.54) is 64.2 Å². The fourth-order valence-corrected chi connectivity index (χ4v) is 2.96. The fraction of sp³-hybridized carbons (Fsp3) is 0.824. The average Bonchev–Trinajstić information content (AvgIpc) is 2.97. The lowest BCUT2D eigenvalue weighted by Crippen LogP contribution is -3.00. The summed E-state index contributed by atoms with van der Waals surface area (Å²) in [6.45, 7) is 5.29. The van der Waals surface area contributed by atoms with Crippen LogP contribution in [0.2, 0.25) is 0 Å². The minimum atomic E-state index is 0. The molecule has 1 aromatic rings. The van der Waals surface area contributed by atoms with Crippen molar-refractivity contribution in [1.29, 1.82) is 0 Å². The summed E-state index contributed by atoms with van der Waals surface area (Å²) in [5, 5.41) is 2.12. The maximum absolute atomic E-state index is 5.69.